The lowest BCUT2D eigenvalue weighted by molar-refractivity contribution is 0.647. The van der Waals surface area contributed by atoms with Gasteiger partial charge < -0.3 is 0 Å². The largest absolute Gasteiger partial charge is 0.0622 e. The summed E-state index contributed by atoms with van der Waals surface area (Å²) in [5.74, 6) is 0. The first-order chi connectivity index (χ1) is 26.3. The molecule has 256 valence electrons. The van der Waals surface area contributed by atoms with E-state index in [4.69, 9.17) is 0 Å². The molecule has 0 fully saturated rings. The third-order valence-electron chi connectivity index (χ3n) is 12.8. The Morgan fingerprint density at radius 2 is 0.796 bits per heavy atom. The lowest BCUT2D eigenvalue weighted by atomic mass is 9.77. The quantitative estimate of drug-likeness (QED) is 0.162. The summed E-state index contributed by atoms with van der Waals surface area (Å²) in [6.45, 7) is 9.65. The Hall–Kier alpha value is -6.24. The van der Waals surface area contributed by atoms with Crippen LogP contribution in [0.4, 0.5) is 0 Å². The number of hydrogen-bond donors (Lipinski definition) is 0. The van der Waals surface area contributed by atoms with Crippen molar-refractivity contribution in [3.63, 3.8) is 0 Å². The molecule has 0 spiro atoms. The van der Waals surface area contributed by atoms with E-state index in [0.717, 1.165) is 0 Å². The molecule has 0 amide bonds. The van der Waals surface area contributed by atoms with Crippen molar-refractivity contribution in [1.29, 1.82) is 0 Å². The monoisotopic (exact) mass is 688 g/mol. The fourth-order valence-corrected chi connectivity index (χ4v) is 10.2. The first-order valence-electron chi connectivity index (χ1n) is 19.3. The second-order valence-corrected chi connectivity index (χ2v) is 16.5. The SMILES string of the molecule is CC1(C)c2ccc(-c3c4ccccc4c(-c4ccc5cc(-c6ccccc6)ccc5c4)c4ccccc34)cc2-c2c1ccc1c2C(C)(C)c2ccccc2-1. The van der Waals surface area contributed by atoms with E-state index in [1.807, 2.05) is 0 Å². The van der Waals surface area contributed by atoms with Gasteiger partial charge in [0.1, 0.15) is 0 Å². The van der Waals surface area contributed by atoms with E-state index in [9.17, 15) is 0 Å². The maximum Gasteiger partial charge on any atom is 0.0165 e. The molecule has 2 aliphatic carbocycles. The van der Waals surface area contributed by atoms with Gasteiger partial charge in [0.15, 0.2) is 0 Å². The van der Waals surface area contributed by atoms with Crippen LogP contribution in [0.1, 0.15) is 49.9 Å². The predicted octanol–water partition coefficient (Wildman–Crippen LogP) is 14.8. The van der Waals surface area contributed by atoms with E-state index >= 15 is 0 Å². The van der Waals surface area contributed by atoms with E-state index in [-0.39, 0.29) is 10.8 Å². The van der Waals surface area contributed by atoms with Crippen LogP contribution in [-0.2, 0) is 10.8 Å². The minimum atomic E-state index is -0.0883. The van der Waals surface area contributed by atoms with Gasteiger partial charge in [-0.15, -0.1) is 0 Å². The molecule has 0 heterocycles. The highest BCUT2D eigenvalue weighted by Gasteiger charge is 2.44. The summed E-state index contributed by atoms with van der Waals surface area (Å²) in [5, 5.41) is 7.64. The molecule has 0 saturated heterocycles. The Bertz CT molecular complexity index is 2970. The van der Waals surface area contributed by atoms with Crippen molar-refractivity contribution in [3.8, 4) is 55.6 Å². The molecule has 2 aliphatic rings. The van der Waals surface area contributed by atoms with Crippen LogP contribution in [0.3, 0.4) is 0 Å². The van der Waals surface area contributed by atoms with E-state index in [0.29, 0.717) is 0 Å². The van der Waals surface area contributed by atoms with Gasteiger partial charge >= 0.3 is 0 Å². The summed E-state index contributed by atoms with van der Waals surface area (Å²) in [6.07, 6.45) is 0. The van der Waals surface area contributed by atoms with Crippen molar-refractivity contribution in [3.05, 3.63) is 192 Å². The van der Waals surface area contributed by atoms with Gasteiger partial charge in [-0.25, -0.2) is 0 Å². The molecule has 0 nitrogen and oxygen atoms in total. The lowest BCUT2D eigenvalue weighted by Crippen LogP contribution is -2.18. The number of benzene rings is 9. The highest BCUT2D eigenvalue weighted by molar-refractivity contribution is 6.22. The molecule has 0 aliphatic heterocycles. The molecular formula is C54H40. The topological polar surface area (TPSA) is 0 Å². The molecule has 0 atom stereocenters. The zero-order chi connectivity index (χ0) is 36.3. The molecule has 0 saturated carbocycles. The van der Waals surface area contributed by atoms with Crippen LogP contribution in [-0.4, -0.2) is 0 Å². The molecule has 54 heavy (non-hydrogen) atoms. The Kier molecular flexibility index (Phi) is 6.46. The van der Waals surface area contributed by atoms with Crippen LogP contribution >= 0.6 is 0 Å². The zero-order valence-electron chi connectivity index (χ0n) is 31.2. The molecule has 9 aromatic rings. The Labute approximate surface area is 317 Å². The molecule has 0 heteroatoms. The van der Waals surface area contributed by atoms with Gasteiger partial charge in [-0.2, -0.15) is 0 Å². The lowest BCUT2D eigenvalue weighted by Gasteiger charge is -2.26. The standard InChI is InChI=1S/C54H40/c1-53(2)47-28-26-38(32-45(47)51-48(53)29-27-44-39-16-12-13-21-46(39)54(3,4)52(44)51)50-42-19-10-8-17-40(42)49(41-18-9-11-20-43(41)50)37-25-24-35-30-34(22-23-36(35)31-37)33-14-6-5-7-15-33/h5-32H,1-4H3. The summed E-state index contributed by atoms with van der Waals surface area (Å²) in [5.41, 5.74) is 18.8. The molecular weight excluding hydrogens is 649 g/mol. The van der Waals surface area contributed by atoms with Crippen molar-refractivity contribution < 1.29 is 0 Å². The second-order valence-electron chi connectivity index (χ2n) is 16.5. The first kappa shape index (κ1) is 31.3. The van der Waals surface area contributed by atoms with E-state index < -0.39 is 0 Å². The summed E-state index contributed by atoms with van der Waals surface area (Å²) in [6, 6.07) is 63.8. The van der Waals surface area contributed by atoms with Gasteiger partial charge in [-0.3, -0.25) is 0 Å². The molecule has 0 aromatic heterocycles. The molecule has 0 radical (unpaired) electrons. The summed E-state index contributed by atoms with van der Waals surface area (Å²) < 4.78 is 0. The van der Waals surface area contributed by atoms with E-state index in [1.54, 1.807) is 0 Å². The normalized spacial score (nSPS) is 14.6. The van der Waals surface area contributed by atoms with E-state index in [1.165, 1.54) is 110 Å². The summed E-state index contributed by atoms with van der Waals surface area (Å²) >= 11 is 0. The zero-order valence-corrected chi connectivity index (χ0v) is 31.2. The van der Waals surface area contributed by atoms with E-state index in [2.05, 4.69) is 198 Å². The molecule has 9 aromatic carbocycles. The summed E-state index contributed by atoms with van der Waals surface area (Å²) in [4.78, 5) is 0. The fourth-order valence-electron chi connectivity index (χ4n) is 10.2. The van der Waals surface area contributed by atoms with Gasteiger partial charge in [-0.05, 0) is 128 Å². The van der Waals surface area contributed by atoms with Crippen LogP contribution in [0, 0.1) is 0 Å². The maximum absolute atomic E-state index is 2.52. The number of fused-ring (bicyclic) bond motifs is 10. The average molecular weight is 689 g/mol. The highest BCUT2D eigenvalue weighted by atomic mass is 14.5. The molecule has 0 bridgehead atoms. The Morgan fingerprint density at radius 1 is 0.296 bits per heavy atom. The summed E-state index contributed by atoms with van der Waals surface area (Å²) in [7, 11) is 0. The number of rotatable bonds is 3. The highest BCUT2D eigenvalue weighted by Crippen LogP contribution is 2.59. The Balaban J connectivity index is 1.13. The van der Waals surface area contributed by atoms with Crippen molar-refractivity contribution in [2.24, 2.45) is 0 Å². The van der Waals surface area contributed by atoms with Gasteiger partial charge in [-0.1, -0.05) is 179 Å². The third-order valence-corrected chi connectivity index (χ3v) is 12.8. The molecule has 0 N–H and O–H groups in total. The molecule has 11 rings (SSSR count). The van der Waals surface area contributed by atoms with Gasteiger partial charge in [0.05, 0.1) is 0 Å². The van der Waals surface area contributed by atoms with Crippen LogP contribution < -0.4 is 0 Å². The van der Waals surface area contributed by atoms with Crippen molar-refractivity contribution >= 4 is 32.3 Å². The Morgan fingerprint density at radius 3 is 1.46 bits per heavy atom. The smallest absolute Gasteiger partial charge is 0.0165 e. The predicted molar refractivity (Wildman–Crippen MR) is 230 cm³/mol. The number of hydrogen-bond acceptors (Lipinski definition) is 0. The van der Waals surface area contributed by atoms with Gasteiger partial charge in [0.25, 0.3) is 0 Å². The van der Waals surface area contributed by atoms with Gasteiger partial charge in [0, 0.05) is 10.8 Å². The van der Waals surface area contributed by atoms with Crippen LogP contribution in [0.25, 0.3) is 88.0 Å². The van der Waals surface area contributed by atoms with Crippen LogP contribution in [0.15, 0.2) is 170 Å². The third kappa shape index (κ3) is 4.26. The fraction of sp³-hybridized carbons (Fsp3) is 0.111. The molecule has 0 unspecified atom stereocenters. The second kappa shape index (κ2) is 11.1. The van der Waals surface area contributed by atoms with Crippen molar-refractivity contribution in [2.45, 2.75) is 38.5 Å². The van der Waals surface area contributed by atoms with Gasteiger partial charge in [0.2, 0.25) is 0 Å². The minimum absolute atomic E-state index is 0.0883. The van der Waals surface area contributed by atoms with Crippen LogP contribution in [0.2, 0.25) is 0 Å². The van der Waals surface area contributed by atoms with Crippen molar-refractivity contribution in [1.82, 2.24) is 0 Å². The van der Waals surface area contributed by atoms with Crippen LogP contribution in [0.5, 0.6) is 0 Å². The average Bonchev–Trinajstić information content (AvgIpc) is 3.58. The maximum atomic E-state index is 2.52. The minimum Gasteiger partial charge on any atom is -0.0622 e. The first-order valence-corrected chi connectivity index (χ1v) is 19.3. The van der Waals surface area contributed by atoms with Crippen molar-refractivity contribution in [2.75, 3.05) is 0 Å².